The van der Waals surface area contributed by atoms with E-state index in [1.165, 1.54) is 0 Å². The van der Waals surface area contributed by atoms with Crippen LogP contribution in [-0.2, 0) is 9.59 Å². The van der Waals surface area contributed by atoms with Crippen LogP contribution in [0, 0.1) is 0 Å². The molecule has 2 amide bonds. The number of aromatic nitrogens is 1. The average molecular weight is 372 g/mol. The van der Waals surface area contributed by atoms with Gasteiger partial charge >= 0.3 is 0 Å². The molecule has 1 aliphatic heterocycles. The fourth-order valence-corrected chi connectivity index (χ4v) is 3.13. The van der Waals surface area contributed by atoms with Crippen molar-refractivity contribution in [3.63, 3.8) is 0 Å². The number of pyridine rings is 1. The van der Waals surface area contributed by atoms with Gasteiger partial charge < -0.3 is 21.7 Å². The van der Waals surface area contributed by atoms with Gasteiger partial charge in [0.25, 0.3) is 0 Å². The van der Waals surface area contributed by atoms with Crippen LogP contribution in [0.1, 0.15) is 44.6 Å². The SMILES string of the molecule is C/C=C(/NC(=O)C1CCCN1C(=O)CCCCN=C(N)N)c1cccnc1. The number of likely N-dealkylation sites (tertiary alicyclic amines) is 1. The molecule has 0 radical (unpaired) electrons. The average Bonchev–Trinajstić information content (AvgIpc) is 3.16. The molecule has 1 aromatic rings. The van der Waals surface area contributed by atoms with Gasteiger partial charge in [0.15, 0.2) is 5.96 Å². The van der Waals surface area contributed by atoms with Gasteiger partial charge in [0.05, 0.1) is 0 Å². The standard InChI is InChI=1S/C19H28N6O2/c1-2-15(14-7-5-10-22-13-14)24-18(27)16-8-6-12-25(16)17(26)9-3-4-11-23-19(20)21/h2,5,7,10,13,16H,3-4,6,8-9,11-12H2,1H3,(H,24,27)(H4,20,21,23)/b15-2+. The predicted molar refractivity (Wildman–Crippen MR) is 105 cm³/mol. The summed E-state index contributed by atoms with van der Waals surface area (Å²) in [4.78, 5) is 34.9. The van der Waals surface area contributed by atoms with Crippen LogP contribution in [0.2, 0.25) is 0 Å². The van der Waals surface area contributed by atoms with Gasteiger partial charge in [0.1, 0.15) is 6.04 Å². The first-order valence-corrected chi connectivity index (χ1v) is 9.25. The van der Waals surface area contributed by atoms with Crippen molar-refractivity contribution in [1.29, 1.82) is 0 Å². The number of nitrogens with two attached hydrogens (primary N) is 2. The molecule has 5 N–H and O–H groups in total. The van der Waals surface area contributed by atoms with Gasteiger partial charge in [-0.3, -0.25) is 19.6 Å². The topological polar surface area (TPSA) is 127 Å². The molecule has 0 bridgehead atoms. The smallest absolute Gasteiger partial charge is 0.247 e. The molecule has 0 aliphatic carbocycles. The van der Waals surface area contributed by atoms with Gasteiger partial charge in [-0.05, 0) is 44.7 Å². The summed E-state index contributed by atoms with van der Waals surface area (Å²) in [5.74, 6) is -0.0925. The van der Waals surface area contributed by atoms with Crippen molar-refractivity contribution >= 4 is 23.5 Å². The number of amides is 2. The minimum atomic E-state index is -0.429. The van der Waals surface area contributed by atoms with Gasteiger partial charge in [-0.25, -0.2) is 0 Å². The molecule has 1 saturated heterocycles. The lowest BCUT2D eigenvalue weighted by Crippen LogP contribution is -2.45. The molecule has 146 valence electrons. The van der Waals surface area contributed by atoms with E-state index in [9.17, 15) is 9.59 Å². The van der Waals surface area contributed by atoms with Gasteiger partial charge in [0, 0.05) is 43.2 Å². The van der Waals surface area contributed by atoms with Crippen LogP contribution in [0.4, 0.5) is 0 Å². The first kappa shape index (κ1) is 20.4. The van der Waals surface area contributed by atoms with Gasteiger partial charge in [-0.15, -0.1) is 0 Å². The van der Waals surface area contributed by atoms with Crippen molar-refractivity contribution < 1.29 is 9.59 Å². The lowest BCUT2D eigenvalue weighted by molar-refractivity contribution is -0.138. The van der Waals surface area contributed by atoms with Crippen LogP contribution < -0.4 is 16.8 Å². The fraction of sp³-hybridized carbons (Fsp3) is 0.474. The van der Waals surface area contributed by atoms with E-state index in [-0.39, 0.29) is 17.8 Å². The van der Waals surface area contributed by atoms with E-state index in [1.54, 1.807) is 17.3 Å². The Hall–Kier alpha value is -2.90. The first-order chi connectivity index (χ1) is 13.0. The number of carbonyl (C=O) groups is 2. The fourth-order valence-electron chi connectivity index (χ4n) is 3.13. The molecule has 1 aliphatic rings. The Morgan fingerprint density at radius 1 is 1.41 bits per heavy atom. The lowest BCUT2D eigenvalue weighted by atomic mass is 10.1. The maximum Gasteiger partial charge on any atom is 0.247 e. The van der Waals surface area contributed by atoms with Gasteiger partial charge in [-0.1, -0.05) is 6.08 Å². The molecule has 0 saturated carbocycles. The third-order valence-corrected chi connectivity index (χ3v) is 4.49. The number of unbranched alkanes of at least 4 members (excludes halogenated alkanes) is 1. The summed E-state index contributed by atoms with van der Waals surface area (Å²) in [7, 11) is 0. The van der Waals surface area contributed by atoms with E-state index in [2.05, 4.69) is 15.3 Å². The quantitative estimate of drug-likeness (QED) is 0.356. The highest BCUT2D eigenvalue weighted by atomic mass is 16.2. The van der Waals surface area contributed by atoms with Crippen LogP contribution in [-0.4, -0.2) is 46.8 Å². The molecule has 1 unspecified atom stereocenters. The Kier molecular flexibility index (Phi) is 7.79. The molecular weight excluding hydrogens is 344 g/mol. The van der Waals surface area contributed by atoms with Crippen molar-refractivity contribution in [2.24, 2.45) is 16.5 Å². The summed E-state index contributed by atoms with van der Waals surface area (Å²) in [6, 6.07) is 3.27. The molecule has 0 spiro atoms. The Bertz CT molecular complexity index is 697. The summed E-state index contributed by atoms with van der Waals surface area (Å²) in [6.07, 6.45) is 8.54. The van der Waals surface area contributed by atoms with Crippen molar-refractivity contribution in [1.82, 2.24) is 15.2 Å². The highest BCUT2D eigenvalue weighted by Gasteiger charge is 2.33. The van der Waals surface area contributed by atoms with Gasteiger partial charge in [-0.2, -0.15) is 0 Å². The molecule has 2 heterocycles. The van der Waals surface area contributed by atoms with Crippen LogP contribution >= 0.6 is 0 Å². The Morgan fingerprint density at radius 3 is 2.89 bits per heavy atom. The number of hydrogen-bond acceptors (Lipinski definition) is 4. The van der Waals surface area contributed by atoms with E-state index in [0.717, 1.165) is 18.4 Å². The Morgan fingerprint density at radius 2 is 2.22 bits per heavy atom. The predicted octanol–water partition coefficient (Wildman–Crippen LogP) is 0.993. The number of carbonyl (C=O) groups excluding carboxylic acids is 2. The lowest BCUT2D eigenvalue weighted by Gasteiger charge is -2.24. The van der Waals surface area contributed by atoms with Crippen molar-refractivity contribution in [2.75, 3.05) is 13.1 Å². The van der Waals surface area contributed by atoms with E-state index in [4.69, 9.17) is 11.5 Å². The highest BCUT2D eigenvalue weighted by molar-refractivity contribution is 5.93. The zero-order valence-electron chi connectivity index (χ0n) is 15.7. The second kappa shape index (κ2) is 10.3. The third-order valence-electron chi connectivity index (χ3n) is 4.49. The van der Waals surface area contributed by atoms with Crippen molar-refractivity contribution in [3.8, 4) is 0 Å². The van der Waals surface area contributed by atoms with Crippen LogP contribution in [0.3, 0.4) is 0 Å². The molecule has 8 nitrogen and oxygen atoms in total. The number of nitrogens with zero attached hydrogens (tertiary/aromatic N) is 3. The number of allylic oxidation sites excluding steroid dienone is 1. The number of rotatable bonds is 8. The number of aliphatic imine (C=N–C) groups is 1. The summed E-state index contributed by atoms with van der Waals surface area (Å²) in [5.41, 5.74) is 12.1. The zero-order chi connectivity index (χ0) is 19.6. The monoisotopic (exact) mass is 372 g/mol. The van der Waals surface area contributed by atoms with E-state index in [1.807, 2.05) is 25.1 Å². The molecule has 0 aromatic carbocycles. The zero-order valence-corrected chi connectivity index (χ0v) is 15.7. The Labute approximate surface area is 159 Å². The summed E-state index contributed by atoms with van der Waals surface area (Å²) < 4.78 is 0. The van der Waals surface area contributed by atoms with Crippen molar-refractivity contribution in [3.05, 3.63) is 36.2 Å². The van der Waals surface area contributed by atoms with Crippen LogP contribution in [0.25, 0.3) is 5.70 Å². The Balaban J connectivity index is 1.89. The molecule has 27 heavy (non-hydrogen) atoms. The van der Waals surface area contributed by atoms with E-state index >= 15 is 0 Å². The minimum Gasteiger partial charge on any atom is -0.370 e. The molecule has 1 atom stereocenters. The maximum absolute atomic E-state index is 12.7. The van der Waals surface area contributed by atoms with Crippen LogP contribution in [0.5, 0.6) is 0 Å². The largest absolute Gasteiger partial charge is 0.370 e. The van der Waals surface area contributed by atoms with E-state index < -0.39 is 6.04 Å². The molecule has 8 heteroatoms. The minimum absolute atomic E-state index is 0.000700. The van der Waals surface area contributed by atoms with Crippen LogP contribution in [0.15, 0.2) is 35.6 Å². The third kappa shape index (κ3) is 6.09. The summed E-state index contributed by atoms with van der Waals surface area (Å²) in [6.45, 7) is 2.98. The second-order valence-electron chi connectivity index (χ2n) is 6.44. The highest BCUT2D eigenvalue weighted by Crippen LogP contribution is 2.20. The number of hydrogen-bond donors (Lipinski definition) is 3. The van der Waals surface area contributed by atoms with Gasteiger partial charge in [0.2, 0.25) is 11.8 Å². The molecule has 1 aromatic heterocycles. The molecular formula is C19H28N6O2. The second-order valence-corrected chi connectivity index (χ2v) is 6.44. The molecule has 2 rings (SSSR count). The summed E-state index contributed by atoms with van der Waals surface area (Å²) in [5, 5.41) is 2.94. The maximum atomic E-state index is 12.7. The first-order valence-electron chi connectivity index (χ1n) is 9.25. The van der Waals surface area contributed by atoms with E-state index in [0.29, 0.717) is 38.0 Å². The number of nitrogens with one attached hydrogen (secondary N) is 1. The normalized spacial score (nSPS) is 16.9. The summed E-state index contributed by atoms with van der Waals surface area (Å²) >= 11 is 0. The number of guanidine groups is 1. The van der Waals surface area contributed by atoms with Crippen molar-refractivity contribution in [2.45, 2.75) is 45.1 Å². The molecule has 1 fully saturated rings.